The van der Waals surface area contributed by atoms with Crippen molar-refractivity contribution in [3.05, 3.63) is 84.3 Å². The minimum atomic E-state index is -3.59. The molecule has 0 amide bonds. The molecule has 2 aromatic carbocycles. The summed E-state index contributed by atoms with van der Waals surface area (Å²) >= 11 is 0. The molecule has 10 heteroatoms. The van der Waals surface area contributed by atoms with Crippen LogP contribution in [0.2, 0.25) is 0 Å². The summed E-state index contributed by atoms with van der Waals surface area (Å²) in [5, 5.41) is 12.0. The summed E-state index contributed by atoms with van der Waals surface area (Å²) in [5.41, 5.74) is 7.47. The number of benzene rings is 2. The predicted octanol–water partition coefficient (Wildman–Crippen LogP) is 2.25. The van der Waals surface area contributed by atoms with Crippen molar-refractivity contribution in [1.29, 1.82) is 0 Å². The molecule has 0 aromatic heterocycles. The average molecular weight is 457 g/mol. The van der Waals surface area contributed by atoms with E-state index < -0.39 is 16.0 Å². The highest BCUT2D eigenvalue weighted by Crippen LogP contribution is 2.19. The lowest BCUT2D eigenvalue weighted by Gasteiger charge is -2.26. The van der Waals surface area contributed by atoms with Crippen molar-refractivity contribution in [3.8, 4) is 0 Å². The topological polar surface area (TPSA) is 134 Å². The van der Waals surface area contributed by atoms with Crippen LogP contribution in [0.15, 0.2) is 83.1 Å². The van der Waals surface area contributed by atoms with Crippen molar-refractivity contribution in [2.24, 2.45) is 10.7 Å². The molecule has 1 aliphatic heterocycles. The second-order valence-corrected chi connectivity index (χ2v) is 8.79. The molecule has 2 aromatic rings. The number of aromatic carboxylic acids is 1. The number of hydrogen-bond donors (Lipinski definition) is 3. The van der Waals surface area contributed by atoms with Gasteiger partial charge in [0.25, 0.3) is 0 Å². The third-order valence-corrected chi connectivity index (χ3v) is 6.60. The van der Waals surface area contributed by atoms with E-state index in [2.05, 4.69) is 16.9 Å². The van der Waals surface area contributed by atoms with Gasteiger partial charge >= 0.3 is 5.97 Å². The molecule has 0 aliphatic carbocycles. The number of nitrogens with zero attached hydrogens (tertiary/aromatic N) is 2. The largest absolute Gasteiger partial charge is 0.478 e. The minimum Gasteiger partial charge on any atom is -0.478 e. The molecular formula is C22H24N4O5S. The summed E-state index contributed by atoms with van der Waals surface area (Å²) in [6.07, 6.45) is 2.90. The third kappa shape index (κ3) is 5.61. The van der Waals surface area contributed by atoms with E-state index in [4.69, 9.17) is 15.6 Å². The van der Waals surface area contributed by atoms with E-state index in [0.29, 0.717) is 49.1 Å². The van der Waals surface area contributed by atoms with Gasteiger partial charge in [0.15, 0.2) is 0 Å². The zero-order valence-corrected chi connectivity index (χ0v) is 18.1. The van der Waals surface area contributed by atoms with Gasteiger partial charge in [-0.15, -0.1) is 0 Å². The molecule has 4 N–H and O–H groups in total. The van der Waals surface area contributed by atoms with E-state index in [0.717, 1.165) is 0 Å². The molecule has 0 radical (unpaired) electrons. The first-order valence-corrected chi connectivity index (χ1v) is 11.2. The zero-order chi connectivity index (χ0) is 23.1. The monoisotopic (exact) mass is 456 g/mol. The number of aliphatic imine (C=N–C) groups is 1. The maximum atomic E-state index is 12.8. The Morgan fingerprint density at radius 2 is 1.69 bits per heavy atom. The summed E-state index contributed by atoms with van der Waals surface area (Å²) in [4.78, 5) is 15.6. The van der Waals surface area contributed by atoms with Crippen molar-refractivity contribution in [2.75, 3.05) is 31.6 Å². The van der Waals surface area contributed by atoms with E-state index in [-0.39, 0.29) is 10.5 Å². The Hall–Kier alpha value is -3.47. The van der Waals surface area contributed by atoms with Crippen LogP contribution in [0.25, 0.3) is 0 Å². The fraction of sp³-hybridized carbons (Fsp3) is 0.182. The SMILES string of the molecule is C=C(/N=C(\C=C/N)c1ccc(S(=O)(=O)N2CCOCC2)cc1)Nc1ccc(C(=O)O)cc1. The van der Waals surface area contributed by atoms with Crippen molar-refractivity contribution in [1.82, 2.24) is 4.31 Å². The Morgan fingerprint density at radius 3 is 2.25 bits per heavy atom. The quantitative estimate of drug-likeness (QED) is 0.519. The van der Waals surface area contributed by atoms with Gasteiger partial charge in [0.2, 0.25) is 10.0 Å². The smallest absolute Gasteiger partial charge is 0.335 e. The zero-order valence-electron chi connectivity index (χ0n) is 17.3. The Labute approximate surface area is 186 Å². The van der Waals surface area contributed by atoms with Crippen LogP contribution in [0.4, 0.5) is 5.69 Å². The Kier molecular flexibility index (Phi) is 7.41. The lowest BCUT2D eigenvalue weighted by Crippen LogP contribution is -2.40. The number of carboxylic acid groups (broad SMARTS) is 1. The van der Waals surface area contributed by atoms with E-state index >= 15 is 0 Å². The normalized spacial score (nSPS) is 15.6. The molecule has 1 heterocycles. The first-order valence-electron chi connectivity index (χ1n) is 9.76. The molecule has 0 spiro atoms. The standard InChI is InChI=1S/C22H24N4O5S/c1-16(24-19-6-2-18(3-7-19)22(27)28)25-21(10-11-23)17-4-8-20(9-5-17)32(29,30)26-12-14-31-15-13-26/h2-11,24H,1,12-15,23H2,(H,27,28)/b11-10-,25-21+. The Bertz CT molecular complexity index is 1130. The summed E-state index contributed by atoms with van der Waals surface area (Å²) in [7, 11) is -3.59. The number of hydrogen-bond acceptors (Lipinski definition) is 7. The summed E-state index contributed by atoms with van der Waals surface area (Å²) in [6, 6.07) is 12.5. The number of nitrogens with one attached hydrogen (secondary N) is 1. The molecule has 32 heavy (non-hydrogen) atoms. The van der Waals surface area contributed by atoms with Gasteiger partial charge in [-0.25, -0.2) is 18.2 Å². The molecule has 0 bridgehead atoms. The van der Waals surface area contributed by atoms with Crippen molar-refractivity contribution >= 4 is 27.4 Å². The minimum absolute atomic E-state index is 0.170. The second-order valence-electron chi connectivity index (χ2n) is 6.85. The number of morpholine rings is 1. The molecule has 0 saturated carbocycles. The van der Waals surface area contributed by atoms with Crippen molar-refractivity contribution in [3.63, 3.8) is 0 Å². The summed E-state index contributed by atoms with van der Waals surface area (Å²) < 4.78 is 32.2. The van der Waals surface area contributed by atoms with E-state index in [9.17, 15) is 13.2 Å². The average Bonchev–Trinajstić information content (AvgIpc) is 2.80. The van der Waals surface area contributed by atoms with Gasteiger partial charge in [-0.2, -0.15) is 4.31 Å². The van der Waals surface area contributed by atoms with Gasteiger partial charge in [-0.1, -0.05) is 18.7 Å². The number of nitrogens with two attached hydrogens (primary N) is 1. The van der Waals surface area contributed by atoms with Gasteiger partial charge in [0.05, 0.1) is 29.4 Å². The molecular weight excluding hydrogens is 432 g/mol. The highest BCUT2D eigenvalue weighted by atomic mass is 32.2. The Morgan fingerprint density at radius 1 is 1.09 bits per heavy atom. The Balaban J connectivity index is 1.77. The van der Waals surface area contributed by atoms with Gasteiger partial charge < -0.3 is 20.9 Å². The third-order valence-electron chi connectivity index (χ3n) is 4.69. The highest BCUT2D eigenvalue weighted by Gasteiger charge is 2.26. The number of anilines is 1. The van der Waals surface area contributed by atoms with E-state index in [1.807, 2.05) is 0 Å². The number of ether oxygens (including phenoxy) is 1. The molecule has 1 fully saturated rings. The second kappa shape index (κ2) is 10.2. The maximum Gasteiger partial charge on any atom is 0.335 e. The van der Waals surface area contributed by atoms with Crippen LogP contribution in [0.5, 0.6) is 0 Å². The predicted molar refractivity (Wildman–Crippen MR) is 122 cm³/mol. The van der Waals surface area contributed by atoms with Crippen molar-refractivity contribution in [2.45, 2.75) is 4.90 Å². The van der Waals surface area contributed by atoms with Gasteiger partial charge in [0.1, 0.15) is 5.82 Å². The lowest BCUT2D eigenvalue weighted by molar-refractivity contribution is 0.0697. The van der Waals surface area contributed by atoms with Crippen molar-refractivity contribution < 1.29 is 23.1 Å². The highest BCUT2D eigenvalue weighted by molar-refractivity contribution is 7.89. The molecule has 168 valence electrons. The van der Waals surface area contributed by atoms with Crippen LogP contribution in [0.1, 0.15) is 15.9 Å². The van der Waals surface area contributed by atoms with E-state index in [1.54, 1.807) is 30.3 Å². The van der Waals surface area contributed by atoms with Gasteiger partial charge in [0, 0.05) is 24.3 Å². The van der Waals surface area contributed by atoms with Crippen LogP contribution in [0, 0.1) is 0 Å². The molecule has 0 atom stereocenters. The fourth-order valence-electron chi connectivity index (χ4n) is 3.06. The number of allylic oxidation sites excluding steroid dienone is 1. The molecule has 9 nitrogen and oxygen atoms in total. The maximum absolute atomic E-state index is 12.8. The van der Waals surface area contributed by atoms with E-state index in [1.165, 1.54) is 34.8 Å². The van der Waals surface area contributed by atoms with Crippen LogP contribution in [-0.4, -0.2) is 55.8 Å². The lowest BCUT2D eigenvalue weighted by atomic mass is 10.1. The number of sulfonamides is 1. The first kappa shape index (κ1) is 23.2. The van der Waals surface area contributed by atoms with Crippen LogP contribution >= 0.6 is 0 Å². The summed E-state index contributed by atoms with van der Waals surface area (Å²) in [5.74, 6) is -0.714. The molecule has 1 saturated heterocycles. The molecule has 3 rings (SSSR count). The molecule has 0 unspecified atom stereocenters. The number of carboxylic acids is 1. The fourth-order valence-corrected chi connectivity index (χ4v) is 4.47. The molecule has 1 aliphatic rings. The van der Waals surface area contributed by atoms with Crippen LogP contribution < -0.4 is 11.1 Å². The summed E-state index contributed by atoms with van der Waals surface area (Å²) in [6.45, 7) is 5.28. The number of carbonyl (C=O) groups is 1. The van der Waals surface area contributed by atoms with Gasteiger partial charge in [-0.05, 0) is 48.7 Å². The van der Waals surface area contributed by atoms with Gasteiger partial charge in [-0.3, -0.25) is 0 Å². The number of rotatable bonds is 8. The van der Waals surface area contributed by atoms with Crippen LogP contribution in [-0.2, 0) is 14.8 Å². The van der Waals surface area contributed by atoms with Crippen LogP contribution in [0.3, 0.4) is 0 Å². The first-order chi connectivity index (χ1) is 15.3.